The van der Waals surface area contributed by atoms with E-state index in [4.69, 9.17) is 10.2 Å². The molecule has 2 aromatic heterocycles. The first-order valence-corrected chi connectivity index (χ1v) is 5.60. The lowest BCUT2D eigenvalue weighted by molar-refractivity contribution is 0.615. The van der Waals surface area contributed by atoms with Gasteiger partial charge in [0.1, 0.15) is 11.4 Å². The topological polar surface area (TPSA) is 64.1 Å². The molecular formula is C12H17N3O. The molecule has 0 fully saturated rings. The summed E-state index contributed by atoms with van der Waals surface area (Å²) in [6.07, 6.45) is 5.51. The third kappa shape index (κ3) is 2.33. The minimum Gasteiger partial charge on any atom is -0.464 e. The molecule has 0 amide bonds. The van der Waals surface area contributed by atoms with Crippen LogP contribution in [-0.2, 0) is 0 Å². The molecule has 0 spiro atoms. The fraction of sp³-hybridized carbons (Fsp3) is 0.417. The van der Waals surface area contributed by atoms with Crippen LogP contribution in [0.25, 0.3) is 11.0 Å². The normalized spacial score (nSPS) is 12.9. The number of hydrogen-bond acceptors (Lipinski definition) is 4. The van der Waals surface area contributed by atoms with Crippen molar-refractivity contribution in [1.82, 2.24) is 4.98 Å². The van der Waals surface area contributed by atoms with Crippen LogP contribution in [0.1, 0.15) is 19.8 Å². The average Bonchev–Trinajstić information content (AvgIpc) is 2.75. The van der Waals surface area contributed by atoms with Crippen molar-refractivity contribution in [1.29, 1.82) is 0 Å². The molecule has 4 heteroatoms. The van der Waals surface area contributed by atoms with E-state index < -0.39 is 0 Å². The molecule has 0 saturated carbocycles. The Kier molecular flexibility index (Phi) is 3.41. The van der Waals surface area contributed by atoms with Crippen molar-refractivity contribution in [3.63, 3.8) is 0 Å². The van der Waals surface area contributed by atoms with Gasteiger partial charge in [0.2, 0.25) is 0 Å². The van der Waals surface area contributed by atoms with Gasteiger partial charge in [-0.1, -0.05) is 0 Å². The highest BCUT2D eigenvalue weighted by molar-refractivity contribution is 5.87. The van der Waals surface area contributed by atoms with Crippen molar-refractivity contribution in [2.24, 2.45) is 5.73 Å². The number of aromatic nitrogens is 1. The number of rotatable bonds is 5. The Morgan fingerprint density at radius 1 is 1.50 bits per heavy atom. The fourth-order valence-corrected chi connectivity index (χ4v) is 1.74. The molecule has 3 N–H and O–H groups in total. The maximum atomic E-state index is 5.49. The summed E-state index contributed by atoms with van der Waals surface area (Å²) in [5.41, 5.74) is 6.35. The van der Waals surface area contributed by atoms with E-state index in [1.807, 2.05) is 12.1 Å². The molecule has 2 heterocycles. The van der Waals surface area contributed by atoms with Crippen LogP contribution in [-0.4, -0.2) is 17.6 Å². The zero-order valence-corrected chi connectivity index (χ0v) is 9.44. The van der Waals surface area contributed by atoms with E-state index in [1.165, 1.54) is 0 Å². The van der Waals surface area contributed by atoms with Crippen LogP contribution in [0, 0.1) is 0 Å². The molecule has 0 saturated heterocycles. The maximum Gasteiger partial charge on any atom is 0.139 e. The lowest BCUT2D eigenvalue weighted by atomic mass is 10.2. The van der Waals surface area contributed by atoms with Gasteiger partial charge in [0.15, 0.2) is 0 Å². The molecule has 0 aliphatic heterocycles. The van der Waals surface area contributed by atoms with Gasteiger partial charge in [-0.2, -0.15) is 0 Å². The third-order valence-electron chi connectivity index (χ3n) is 2.60. The van der Waals surface area contributed by atoms with E-state index in [-0.39, 0.29) is 0 Å². The number of fused-ring (bicyclic) bond motifs is 1. The summed E-state index contributed by atoms with van der Waals surface area (Å²) in [7, 11) is 0. The lowest BCUT2D eigenvalue weighted by Crippen LogP contribution is -2.17. The second-order valence-corrected chi connectivity index (χ2v) is 3.97. The second-order valence-electron chi connectivity index (χ2n) is 3.97. The van der Waals surface area contributed by atoms with Crippen LogP contribution < -0.4 is 11.1 Å². The van der Waals surface area contributed by atoms with E-state index in [9.17, 15) is 0 Å². The van der Waals surface area contributed by atoms with Crippen LogP contribution in [0.5, 0.6) is 0 Å². The van der Waals surface area contributed by atoms with Gasteiger partial charge in [0.25, 0.3) is 0 Å². The highest BCUT2D eigenvalue weighted by Gasteiger charge is 2.07. The van der Waals surface area contributed by atoms with Gasteiger partial charge in [-0.05, 0) is 38.4 Å². The van der Waals surface area contributed by atoms with Crippen molar-refractivity contribution in [2.45, 2.75) is 25.8 Å². The quantitative estimate of drug-likeness (QED) is 0.810. The van der Waals surface area contributed by atoms with E-state index in [0.29, 0.717) is 6.04 Å². The van der Waals surface area contributed by atoms with Gasteiger partial charge in [-0.25, -0.2) is 4.98 Å². The Labute approximate surface area is 94.8 Å². The number of nitrogens with two attached hydrogens (primary N) is 1. The summed E-state index contributed by atoms with van der Waals surface area (Å²) in [5.74, 6) is 0.885. The summed E-state index contributed by atoms with van der Waals surface area (Å²) in [4.78, 5) is 4.32. The molecule has 1 unspecified atom stereocenters. The molecule has 16 heavy (non-hydrogen) atoms. The standard InChI is InChI=1S/C12H17N3O/c1-9(3-2-6-13)15-12-10-5-8-16-11(10)4-7-14-12/h4-5,7-9H,2-3,6,13H2,1H3,(H,14,15). The zero-order chi connectivity index (χ0) is 11.4. The molecule has 0 aromatic carbocycles. The number of anilines is 1. The molecule has 2 aromatic rings. The van der Waals surface area contributed by atoms with Crippen LogP contribution >= 0.6 is 0 Å². The minimum absolute atomic E-state index is 0.372. The average molecular weight is 219 g/mol. The Bertz CT molecular complexity index is 452. The fourth-order valence-electron chi connectivity index (χ4n) is 1.74. The van der Waals surface area contributed by atoms with Crippen LogP contribution in [0.15, 0.2) is 29.0 Å². The minimum atomic E-state index is 0.372. The molecule has 0 radical (unpaired) electrons. The molecular weight excluding hydrogens is 202 g/mol. The molecule has 0 bridgehead atoms. The van der Waals surface area contributed by atoms with E-state index in [1.54, 1.807) is 12.5 Å². The van der Waals surface area contributed by atoms with Gasteiger partial charge in [0.05, 0.1) is 11.6 Å². The Balaban J connectivity index is 2.11. The summed E-state index contributed by atoms with van der Waals surface area (Å²) >= 11 is 0. The summed E-state index contributed by atoms with van der Waals surface area (Å²) in [6, 6.07) is 4.17. The smallest absolute Gasteiger partial charge is 0.139 e. The molecule has 4 nitrogen and oxygen atoms in total. The van der Waals surface area contributed by atoms with Crippen molar-refractivity contribution >= 4 is 16.8 Å². The molecule has 2 rings (SSSR count). The zero-order valence-electron chi connectivity index (χ0n) is 9.44. The van der Waals surface area contributed by atoms with Gasteiger partial charge in [-0.3, -0.25) is 0 Å². The number of pyridine rings is 1. The van der Waals surface area contributed by atoms with Crippen LogP contribution in [0.4, 0.5) is 5.82 Å². The molecule has 86 valence electrons. The number of hydrogen-bond donors (Lipinski definition) is 2. The van der Waals surface area contributed by atoms with Crippen LogP contribution in [0.3, 0.4) is 0 Å². The Morgan fingerprint density at radius 3 is 3.19 bits per heavy atom. The van der Waals surface area contributed by atoms with Gasteiger partial charge in [-0.15, -0.1) is 0 Å². The third-order valence-corrected chi connectivity index (χ3v) is 2.60. The van der Waals surface area contributed by atoms with Crippen molar-refractivity contribution in [2.75, 3.05) is 11.9 Å². The maximum absolute atomic E-state index is 5.49. The first kappa shape index (κ1) is 11.0. The summed E-state index contributed by atoms with van der Waals surface area (Å²) in [6.45, 7) is 2.87. The highest BCUT2D eigenvalue weighted by Crippen LogP contribution is 2.22. The van der Waals surface area contributed by atoms with Crippen molar-refractivity contribution < 1.29 is 4.42 Å². The summed E-state index contributed by atoms with van der Waals surface area (Å²) in [5, 5.41) is 4.41. The SMILES string of the molecule is CC(CCCN)Nc1nccc2occc12. The highest BCUT2D eigenvalue weighted by atomic mass is 16.3. The monoisotopic (exact) mass is 219 g/mol. The van der Waals surface area contributed by atoms with Gasteiger partial charge >= 0.3 is 0 Å². The van der Waals surface area contributed by atoms with Crippen LogP contribution in [0.2, 0.25) is 0 Å². The second kappa shape index (κ2) is 4.99. The largest absolute Gasteiger partial charge is 0.464 e. The number of nitrogens with zero attached hydrogens (tertiary/aromatic N) is 1. The molecule has 1 atom stereocenters. The van der Waals surface area contributed by atoms with Crippen molar-refractivity contribution in [3.8, 4) is 0 Å². The number of furan rings is 1. The van der Waals surface area contributed by atoms with E-state index in [2.05, 4.69) is 17.2 Å². The van der Waals surface area contributed by atoms with E-state index >= 15 is 0 Å². The Morgan fingerprint density at radius 2 is 2.38 bits per heavy atom. The van der Waals surface area contributed by atoms with Gasteiger partial charge in [0, 0.05) is 12.2 Å². The Hall–Kier alpha value is -1.55. The van der Waals surface area contributed by atoms with E-state index in [0.717, 1.165) is 36.2 Å². The molecule has 0 aliphatic rings. The predicted octanol–water partition coefficient (Wildman–Crippen LogP) is 2.37. The number of nitrogens with one attached hydrogen (secondary N) is 1. The molecule has 0 aliphatic carbocycles. The van der Waals surface area contributed by atoms with Crippen molar-refractivity contribution in [3.05, 3.63) is 24.6 Å². The first-order chi connectivity index (χ1) is 7.81. The predicted molar refractivity (Wildman–Crippen MR) is 65.4 cm³/mol. The summed E-state index contributed by atoms with van der Waals surface area (Å²) < 4.78 is 5.32. The lowest BCUT2D eigenvalue weighted by Gasteiger charge is -2.14. The van der Waals surface area contributed by atoms with Gasteiger partial charge < -0.3 is 15.5 Å². The first-order valence-electron chi connectivity index (χ1n) is 5.60.